The quantitative estimate of drug-likeness (QED) is 0.664. The van der Waals surface area contributed by atoms with E-state index in [0.717, 1.165) is 5.56 Å². The molecule has 1 nitrogen and oxygen atoms in total. The Balaban J connectivity index is 2.11. The summed E-state index contributed by atoms with van der Waals surface area (Å²) in [5.74, 6) is -0.229. The SMILES string of the molecule is Nc1ccc(F)cc1SCc1ccc(F)c(Cl)c1. The molecule has 18 heavy (non-hydrogen) atoms. The van der Waals surface area contributed by atoms with E-state index in [1.165, 1.54) is 36.0 Å². The maximum absolute atomic E-state index is 13.1. The van der Waals surface area contributed by atoms with E-state index < -0.39 is 5.82 Å². The molecule has 0 radical (unpaired) electrons. The average molecular weight is 286 g/mol. The first-order valence-corrected chi connectivity index (χ1v) is 6.54. The Morgan fingerprint density at radius 1 is 1.11 bits per heavy atom. The molecular weight excluding hydrogens is 276 g/mol. The Morgan fingerprint density at radius 3 is 2.61 bits per heavy atom. The number of nitrogens with two attached hydrogens (primary N) is 1. The Bertz CT molecular complexity index is 575. The van der Waals surface area contributed by atoms with Crippen LogP contribution in [0.4, 0.5) is 14.5 Å². The molecule has 0 fully saturated rings. The summed E-state index contributed by atoms with van der Waals surface area (Å²) in [5, 5.41) is 0.0836. The molecule has 0 aliphatic carbocycles. The van der Waals surface area contributed by atoms with Gasteiger partial charge < -0.3 is 5.73 Å². The maximum Gasteiger partial charge on any atom is 0.141 e. The molecule has 0 amide bonds. The molecule has 94 valence electrons. The molecule has 0 aliphatic rings. The molecule has 0 saturated carbocycles. The molecule has 0 spiro atoms. The summed E-state index contributed by atoms with van der Waals surface area (Å²) < 4.78 is 26.0. The second-order valence-electron chi connectivity index (χ2n) is 3.72. The topological polar surface area (TPSA) is 26.0 Å². The Hall–Kier alpha value is -1.26. The minimum Gasteiger partial charge on any atom is -0.398 e. The van der Waals surface area contributed by atoms with Crippen molar-refractivity contribution >= 4 is 29.1 Å². The smallest absolute Gasteiger partial charge is 0.141 e. The highest BCUT2D eigenvalue weighted by Crippen LogP contribution is 2.29. The van der Waals surface area contributed by atoms with Gasteiger partial charge in [0.1, 0.15) is 11.6 Å². The lowest BCUT2D eigenvalue weighted by molar-refractivity contribution is 0.624. The van der Waals surface area contributed by atoms with Crippen LogP contribution in [0, 0.1) is 11.6 Å². The molecule has 0 bridgehead atoms. The number of nitrogen functional groups attached to an aromatic ring is 1. The second kappa shape index (κ2) is 5.59. The van der Waals surface area contributed by atoms with Gasteiger partial charge >= 0.3 is 0 Å². The Kier molecular flexibility index (Phi) is 4.09. The van der Waals surface area contributed by atoms with Gasteiger partial charge in [0.05, 0.1) is 5.02 Å². The molecule has 2 aromatic carbocycles. The Labute approximate surface area is 113 Å². The number of rotatable bonds is 3. The van der Waals surface area contributed by atoms with Gasteiger partial charge in [0.25, 0.3) is 0 Å². The molecule has 0 saturated heterocycles. The Morgan fingerprint density at radius 2 is 1.89 bits per heavy atom. The third-order valence-corrected chi connectivity index (χ3v) is 3.79. The van der Waals surface area contributed by atoms with E-state index >= 15 is 0 Å². The van der Waals surface area contributed by atoms with Gasteiger partial charge in [-0.15, -0.1) is 11.8 Å². The molecule has 2 aromatic rings. The van der Waals surface area contributed by atoms with Gasteiger partial charge in [-0.1, -0.05) is 17.7 Å². The van der Waals surface area contributed by atoms with E-state index in [-0.39, 0.29) is 10.8 Å². The van der Waals surface area contributed by atoms with Crippen molar-refractivity contribution in [1.29, 1.82) is 0 Å². The van der Waals surface area contributed by atoms with Crippen LogP contribution in [0.2, 0.25) is 5.02 Å². The van der Waals surface area contributed by atoms with Crippen LogP contribution in [-0.2, 0) is 5.75 Å². The van der Waals surface area contributed by atoms with E-state index in [1.807, 2.05) is 0 Å². The molecule has 0 atom stereocenters. The fourth-order valence-corrected chi connectivity index (χ4v) is 2.56. The van der Waals surface area contributed by atoms with Gasteiger partial charge in [0.2, 0.25) is 0 Å². The third kappa shape index (κ3) is 3.15. The first-order chi connectivity index (χ1) is 8.56. The van der Waals surface area contributed by atoms with Crippen molar-refractivity contribution < 1.29 is 8.78 Å². The number of halogens is 3. The van der Waals surface area contributed by atoms with Gasteiger partial charge in [0.15, 0.2) is 0 Å². The minimum absolute atomic E-state index is 0.0836. The summed E-state index contributed by atoms with van der Waals surface area (Å²) in [6.07, 6.45) is 0. The zero-order valence-electron chi connectivity index (χ0n) is 9.29. The summed E-state index contributed by atoms with van der Waals surface area (Å²) in [6, 6.07) is 8.73. The van der Waals surface area contributed by atoms with Crippen LogP contribution in [0.3, 0.4) is 0 Å². The molecule has 0 aliphatic heterocycles. The number of thioether (sulfide) groups is 1. The highest BCUT2D eigenvalue weighted by atomic mass is 35.5. The molecule has 0 heterocycles. The molecule has 2 rings (SSSR count). The number of benzene rings is 2. The van der Waals surface area contributed by atoms with Crippen LogP contribution < -0.4 is 5.73 Å². The fraction of sp³-hybridized carbons (Fsp3) is 0.0769. The van der Waals surface area contributed by atoms with Crippen LogP contribution in [0.1, 0.15) is 5.56 Å². The summed E-state index contributed by atoms with van der Waals surface area (Å²) in [4.78, 5) is 0.662. The summed E-state index contributed by atoms with van der Waals surface area (Å²) in [6.45, 7) is 0. The van der Waals surface area contributed by atoms with Gasteiger partial charge in [-0.3, -0.25) is 0 Å². The molecule has 0 aromatic heterocycles. The lowest BCUT2D eigenvalue weighted by Crippen LogP contribution is -1.90. The van der Waals surface area contributed by atoms with Crippen molar-refractivity contribution in [2.24, 2.45) is 0 Å². The van der Waals surface area contributed by atoms with E-state index in [0.29, 0.717) is 16.3 Å². The van der Waals surface area contributed by atoms with Gasteiger partial charge in [0, 0.05) is 16.3 Å². The highest BCUT2D eigenvalue weighted by Gasteiger charge is 2.05. The summed E-state index contributed by atoms with van der Waals surface area (Å²) in [5.41, 5.74) is 7.11. The van der Waals surface area contributed by atoms with Crippen LogP contribution in [-0.4, -0.2) is 0 Å². The predicted molar refractivity (Wildman–Crippen MR) is 71.8 cm³/mol. The molecular formula is C13H10ClF2NS. The second-order valence-corrected chi connectivity index (χ2v) is 5.14. The van der Waals surface area contributed by atoms with E-state index in [2.05, 4.69) is 0 Å². The van der Waals surface area contributed by atoms with Crippen molar-refractivity contribution in [3.05, 3.63) is 58.6 Å². The van der Waals surface area contributed by atoms with Crippen molar-refractivity contribution in [2.75, 3.05) is 5.73 Å². The van der Waals surface area contributed by atoms with Crippen molar-refractivity contribution in [3.8, 4) is 0 Å². The fourth-order valence-electron chi connectivity index (χ4n) is 1.42. The highest BCUT2D eigenvalue weighted by molar-refractivity contribution is 7.98. The lowest BCUT2D eigenvalue weighted by Gasteiger charge is -2.06. The zero-order valence-corrected chi connectivity index (χ0v) is 10.9. The molecule has 5 heteroatoms. The van der Waals surface area contributed by atoms with Crippen molar-refractivity contribution in [2.45, 2.75) is 10.6 Å². The van der Waals surface area contributed by atoms with E-state index in [1.54, 1.807) is 12.1 Å². The van der Waals surface area contributed by atoms with Crippen molar-refractivity contribution in [3.63, 3.8) is 0 Å². The number of hydrogen-bond acceptors (Lipinski definition) is 2. The van der Waals surface area contributed by atoms with Crippen LogP contribution in [0.15, 0.2) is 41.3 Å². The normalized spacial score (nSPS) is 10.6. The molecule has 0 unspecified atom stereocenters. The maximum atomic E-state index is 13.1. The lowest BCUT2D eigenvalue weighted by atomic mass is 10.2. The third-order valence-electron chi connectivity index (χ3n) is 2.35. The minimum atomic E-state index is -0.448. The van der Waals surface area contributed by atoms with Gasteiger partial charge in [-0.25, -0.2) is 8.78 Å². The first-order valence-electron chi connectivity index (χ1n) is 5.18. The number of anilines is 1. The van der Waals surface area contributed by atoms with E-state index in [9.17, 15) is 8.78 Å². The van der Waals surface area contributed by atoms with Gasteiger partial charge in [-0.05, 0) is 35.9 Å². The summed E-state index contributed by atoms with van der Waals surface area (Å²) in [7, 11) is 0. The zero-order chi connectivity index (χ0) is 13.1. The largest absolute Gasteiger partial charge is 0.398 e. The first kappa shape index (κ1) is 13.2. The van der Waals surface area contributed by atoms with Crippen LogP contribution >= 0.6 is 23.4 Å². The monoisotopic (exact) mass is 285 g/mol. The van der Waals surface area contributed by atoms with E-state index in [4.69, 9.17) is 17.3 Å². The van der Waals surface area contributed by atoms with Crippen LogP contribution in [0.25, 0.3) is 0 Å². The predicted octanol–water partition coefficient (Wildman–Crippen LogP) is 4.49. The van der Waals surface area contributed by atoms with Crippen molar-refractivity contribution in [1.82, 2.24) is 0 Å². The average Bonchev–Trinajstić information content (AvgIpc) is 2.34. The van der Waals surface area contributed by atoms with Crippen LogP contribution in [0.5, 0.6) is 0 Å². The number of hydrogen-bond donors (Lipinski definition) is 1. The molecule has 2 N–H and O–H groups in total. The standard InChI is InChI=1S/C13H10ClF2NS/c14-10-5-8(1-3-11(10)16)7-18-13-6-9(15)2-4-12(13)17/h1-6H,7,17H2. The van der Waals surface area contributed by atoms with Gasteiger partial charge in [-0.2, -0.15) is 0 Å². The summed E-state index contributed by atoms with van der Waals surface area (Å²) >= 11 is 7.07.